The number of aromatic nitrogens is 2. The van der Waals surface area contributed by atoms with Crippen molar-refractivity contribution in [1.29, 1.82) is 0 Å². The molecule has 14 nitrogen and oxygen atoms in total. The van der Waals surface area contributed by atoms with Crippen LogP contribution in [0.2, 0.25) is 0 Å². The number of carbonyl (C=O) groups is 6. The molecule has 1 fully saturated rings. The zero-order valence-corrected chi connectivity index (χ0v) is 28.1. The number of hydrogen-bond acceptors (Lipinski definition) is 7. The van der Waals surface area contributed by atoms with E-state index in [4.69, 9.17) is 0 Å². The van der Waals surface area contributed by atoms with E-state index in [1.54, 1.807) is 31.6 Å². The summed E-state index contributed by atoms with van der Waals surface area (Å²) in [5.74, 6) is -3.52. The summed E-state index contributed by atoms with van der Waals surface area (Å²) in [4.78, 5) is 81.0. The molecule has 2 aromatic rings. The van der Waals surface area contributed by atoms with Gasteiger partial charge in [0, 0.05) is 32.8 Å². The van der Waals surface area contributed by atoms with Crippen LogP contribution in [0, 0.1) is 12.8 Å². The third-order valence-electron chi connectivity index (χ3n) is 7.91. The van der Waals surface area contributed by atoms with E-state index >= 15 is 0 Å². The Morgan fingerprint density at radius 3 is 2.38 bits per heavy atom. The van der Waals surface area contributed by atoms with E-state index < -0.39 is 59.6 Å². The fourth-order valence-electron chi connectivity index (χ4n) is 5.24. The number of nitrogens with zero attached hydrogens (tertiary/aromatic N) is 3. The lowest BCUT2D eigenvalue weighted by Crippen LogP contribution is -2.59. The topological polar surface area (TPSA) is 184 Å². The van der Waals surface area contributed by atoms with Crippen LogP contribution in [-0.4, -0.2) is 94.4 Å². The zero-order chi connectivity index (χ0) is 34.7. The summed E-state index contributed by atoms with van der Waals surface area (Å²) >= 11 is 0. The Morgan fingerprint density at radius 1 is 1.02 bits per heavy atom. The molecule has 1 aromatic heterocycles. The van der Waals surface area contributed by atoms with Crippen LogP contribution in [0.15, 0.2) is 36.5 Å². The van der Waals surface area contributed by atoms with Crippen molar-refractivity contribution in [3.05, 3.63) is 53.3 Å². The highest BCUT2D eigenvalue weighted by molar-refractivity contribution is 5.99. The molecule has 3 rings (SSSR count). The van der Waals surface area contributed by atoms with Crippen molar-refractivity contribution in [3.63, 3.8) is 0 Å². The van der Waals surface area contributed by atoms with Gasteiger partial charge in [-0.15, -0.1) is 0 Å². The number of nitrogens with one attached hydrogen (secondary N) is 5. The smallest absolute Gasteiger partial charge is 0.255 e. The lowest BCUT2D eigenvalue weighted by atomic mass is 10.0. The van der Waals surface area contributed by atoms with Crippen LogP contribution in [0.3, 0.4) is 0 Å². The summed E-state index contributed by atoms with van der Waals surface area (Å²) in [6.07, 6.45) is 3.11. The van der Waals surface area contributed by atoms with Gasteiger partial charge in [0.2, 0.25) is 29.5 Å². The molecule has 0 spiro atoms. The molecule has 2 heterocycles. The minimum Gasteiger partial charge on any atom is -0.355 e. The van der Waals surface area contributed by atoms with Crippen LogP contribution in [-0.2, 0) is 36.9 Å². The second-order valence-electron chi connectivity index (χ2n) is 12.3. The van der Waals surface area contributed by atoms with Gasteiger partial charge in [0.1, 0.15) is 24.2 Å². The van der Waals surface area contributed by atoms with Crippen LogP contribution in [0.25, 0.3) is 0 Å². The Hall–Kier alpha value is -4.75. The fourth-order valence-corrected chi connectivity index (χ4v) is 5.24. The van der Waals surface area contributed by atoms with Crippen molar-refractivity contribution < 1.29 is 28.8 Å². The summed E-state index contributed by atoms with van der Waals surface area (Å²) in [6.45, 7) is 9.23. The van der Waals surface area contributed by atoms with Gasteiger partial charge < -0.3 is 31.5 Å². The summed E-state index contributed by atoms with van der Waals surface area (Å²) in [6, 6.07) is 5.02. The first-order chi connectivity index (χ1) is 22.3. The molecule has 0 radical (unpaired) electrons. The minimum absolute atomic E-state index is 0.152. The molecule has 0 saturated carbocycles. The second-order valence-corrected chi connectivity index (χ2v) is 12.3. The van der Waals surface area contributed by atoms with Crippen molar-refractivity contribution >= 4 is 35.4 Å². The molecule has 0 unspecified atom stereocenters. The number of hydrogen-bond donors (Lipinski definition) is 5. The van der Waals surface area contributed by atoms with Gasteiger partial charge in [0.25, 0.3) is 5.91 Å². The maximum absolute atomic E-state index is 13.6. The number of aryl methyl sites for hydroxylation is 2. The van der Waals surface area contributed by atoms with Gasteiger partial charge in [0.05, 0.1) is 17.8 Å². The van der Waals surface area contributed by atoms with E-state index in [0.717, 1.165) is 12.0 Å². The highest BCUT2D eigenvalue weighted by Gasteiger charge is 2.33. The molecule has 4 atom stereocenters. The Labute approximate surface area is 275 Å². The standard InChI is InChI=1S/C33H48N8O6/c1-7-16-41-18-24(21(4)39-41)30(44)36-25-14-11-15-34-27(42)19-40(6)33(47)26(17-23-12-9-8-10-13-23)37-29(43)22(5)35-32(46)28(20(2)3)38-31(25)45/h8-10,12-13,18,20,22,25-26,28H,7,11,14-17,19H2,1-6H3,(H,34,42)(H,35,46)(H,36,44)(H,37,43)(H,38,45)/t22-,25+,26+,28-/m1/s1. The predicted molar refractivity (Wildman–Crippen MR) is 175 cm³/mol. The van der Waals surface area contributed by atoms with E-state index in [9.17, 15) is 28.8 Å². The van der Waals surface area contributed by atoms with Crippen LogP contribution in [0.1, 0.15) is 68.6 Å². The predicted octanol–water partition coefficient (Wildman–Crippen LogP) is 0.441. The van der Waals surface area contributed by atoms with E-state index in [-0.39, 0.29) is 31.8 Å². The summed E-state index contributed by atoms with van der Waals surface area (Å²) in [7, 11) is 1.48. The van der Waals surface area contributed by atoms with Crippen molar-refractivity contribution in [1.82, 2.24) is 41.3 Å². The summed E-state index contributed by atoms with van der Waals surface area (Å²) in [5, 5.41) is 18.0. The van der Waals surface area contributed by atoms with Crippen molar-refractivity contribution in [2.24, 2.45) is 5.92 Å². The maximum Gasteiger partial charge on any atom is 0.255 e. The first kappa shape index (κ1) is 36.7. The molecule has 5 N–H and O–H groups in total. The van der Waals surface area contributed by atoms with Crippen LogP contribution < -0.4 is 26.6 Å². The molecule has 14 heteroatoms. The lowest BCUT2D eigenvalue weighted by molar-refractivity contribution is -0.139. The van der Waals surface area contributed by atoms with Gasteiger partial charge in [-0.2, -0.15) is 5.10 Å². The minimum atomic E-state index is -1.06. The largest absolute Gasteiger partial charge is 0.355 e. The van der Waals surface area contributed by atoms with Crippen molar-refractivity contribution in [2.75, 3.05) is 20.1 Å². The van der Waals surface area contributed by atoms with Gasteiger partial charge >= 0.3 is 0 Å². The molecular weight excluding hydrogens is 604 g/mol. The SMILES string of the molecule is CCCn1cc(C(=O)N[C@H]2CCCNC(=O)CN(C)C(=O)[C@H](Cc3ccccc3)NC(=O)[C@@H](C)NC(=O)[C@@H](C(C)C)NC2=O)c(C)n1. The highest BCUT2D eigenvalue weighted by atomic mass is 16.2. The van der Waals surface area contributed by atoms with E-state index in [0.29, 0.717) is 24.2 Å². The molecular formula is C33H48N8O6. The average molecular weight is 653 g/mol. The fraction of sp³-hybridized carbons (Fsp3) is 0.545. The number of benzene rings is 1. The molecule has 0 bridgehead atoms. The molecule has 1 aliphatic rings. The molecule has 1 saturated heterocycles. The van der Waals surface area contributed by atoms with Crippen LogP contribution >= 0.6 is 0 Å². The Bertz CT molecular complexity index is 1430. The zero-order valence-electron chi connectivity index (χ0n) is 28.1. The van der Waals surface area contributed by atoms with Crippen LogP contribution in [0.4, 0.5) is 0 Å². The number of likely N-dealkylation sites (N-methyl/N-ethyl adjacent to an activating group) is 1. The van der Waals surface area contributed by atoms with Gasteiger partial charge in [-0.3, -0.25) is 33.4 Å². The van der Waals surface area contributed by atoms with E-state index in [1.807, 2.05) is 37.3 Å². The van der Waals surface area contributed by atoms with Gasteiger partial charge in [0.15, 0.2) is 0 Å². The molecule has 6 amide bonds. The highest BCUT2D eigenvalue weighted by Crippen LogP contribution is 2.11. The van der Waals surface area contributed by atoms with Gasteiger partial charge in [-0.1, -0.05) is 51.1 Å². The van der Waals surface area contributed by atoms with Gasteiger partial charge in [-0.05, 0) is 44.6 Å². The van der Waals surface area contributed by atoms with Crippen LogP contribution in [0.5, 0.6) is 0 Å². The normalized spacial score (nSPS) is 22.4. The molecule has 1 aliphatic heterocycles. The number of rotatable bonds is 7. The quantitative estimate of drug-likeness (QED) is 0.288. The molecule has 0 aliphatic carbocycles. The first-order valence-corrected chi connectivity index (χ1v) is 16.1. The third kappa shape index (κ3) is 10.6. The van der Waals surface area contributed by atoms with E-state index in [2.05, 4.69) is 31.7 Å². The second kappa shape index (κ2) is 17.2. The Kier molecular flexibility index (Phi) is 13.5. The van der Waals surface area contributed by atoms with E-state index in [1.165, 1.54) is 18.9 Å². The summed E-state index contributed by atoms with van der Waals surface area (Å²) in [5.41, 5.74) is 1.65. The molecule has 256 valence electrons. The molecule has 1 aromatic carbocycles. The number of carbonyl (C=O) groups excluding carboxylic acids is 6. The maximum atomic E-state index is 13.6. The van der Waals surface area contributed by atoms with Crippen molar-refractivity contribution in [3.8, 4) is 0 Å². The molecule has 47 heavy (non-hydrogen) atoms. The number of amides is 6. The third-order valence-corrected chi connectivity index (χ3v) is 7.91. The van der Waals surface area contributed by atoms with Crippen molar-refractivity contribution in [2.45, 2.75) is 91.0 Å². The first-order valence-electron chi connectivity index (χ1n) is 16.1. The summed E-state index contributed by atoms with van der Waals surface area (Å²) < 4.78 is 1.67. The van der Waals surface area contributed by atoms with Gasteiger partial charge in [-0.25, -0.2) is 0 Å². The monoisotopic (exact) mass is 652 g/mol. The Morgan fingerprint density at radius 2 is 1.72 bits per heavy atom. The average Bonchev–Trinajstić information content (AvgIpc) is 3.40. The lowest BCUT2D eigenvalue weighted by Gasteiger charge is -2.28. The Balaban J connectivity index is 1.85.